The molecular formula is C19H15N7O4S2. The third-order valence-electron chi connectivity index (χ3n) is 4.36. The van der Waals surface area contributed by atoms with Crippen LogP contribution in [0, 0.1) is 11.3 Å². The minimum Gasteiger partial charge on any atom is -0.354 e. The van der Waals surface area contributed by atoms with E-state index in [9.17, 15) is 13.2 Å². The van der Waals surface area contributed by atoms with Crippen molar-refractivity contribution in [1.82, 2.24) is 25.2 Å². The number of carbonyl (C=O) groups is 1. The highest BCUT2D eigenvalue weighted by atomic mass is 32.2. The standard InChI is InChI=1S/C19H15N7O4S2/c1-21-18(27)15-10-31-19(24-15)14-9-23-17-13(5-6-22-17)16(14)25-30-26-32(28,29)12-4-2-3-11(7-12)8-20/h2-7,9-10,26H,1H3,(H,21,27)(H2,22,23,25). The summed E-state index contributed by atoms with van der Waals surface area (Å²) in [4.78, 5) is 30.4. The minimum absolute atomic E-state index is 0.129. The van der Waals surface area contributed by atoms with E-state index in [0.29, 0.717) is 27.3 Å². The van der Waals surface area contributed by atoms with Crippen molar-refractivity contribution in [3.05, 3.63) is 59.4 Å². The van der Waals surface area contributed by atoms with E-state index in [4.69, 9.17) is 10.2 Å². The summed E-state index contributed by atoms with van der Waals surface area (Å²) in [6.45, 7) is 0. The van der Waals surface area contributed by atoms with Crippen molar-refractivity contribution in [2.45, 2.75) is 4.90 Å². The number of hydrogen-bond donors (Lipinski definition) is 4. The first-order chi connectivity index (χ1) is 15.4. The molecule has 0 radical (unpaired) electrons. The van der Waals surface area contributed by atoms with Crippen LogP contribution >= 0.6 is 11.3 Å². The molecule has 4 N–H and O–H groups in total. The lowest BCUT2D eigenvalue weighted by Gasteiger charge is -2.12. The van der Waals surface area contributed by atoms with Gasteiger partial charge in [0.05, 0.1) is 27.8 Å². The molecule has 0 atom stereocenters. The average Bonchev–Trinajstić information content (AvgIpc) is 3.48. The normalized spacial score (nSPS) is 11.2. The molecular weight excluding hydrogens is 454 g/mol. The number of carbonyl (C=O) groups excluding carboxylic acids is 1. The zero-order valence-corrected chi connectivity index (χ0v) is 18.0. The maximum atomic E-state index is 12.5. The first-order valence-electron chi connectivity index (χ1n) is 9.01. The number of nitriles is 1. The number of thiazole rings is 1. The summed E-state index contributed by atoms with van der Waals surface area (Å²) >= 11 is 1.22. The first-order valence-corrected chi connectivity index (χ1v) is 11.4. The Kier molecular flexibility index (Phi) is 5.84. The van der Waals surface area contributed by atoms with Crippen molar-refractivity contribution < 1.29 is 18.2 Å². The van der Waals surface area contributed by atoms with Gasteiger partial charge in [-0.15, -0.1) is 11.3 Å². The molecule has 32 heavy (non-hydrogen) atoms. The van der Waals surface area contributed by atoms with E-state index < -0.39 is 10.0 Å². The maximum absolute atomic E-state index is 12.5. The largest absolute Gasteiger partial charge is 0.354 e. The number of amides is 1. The lowest BCUT2D eigenvalue weighted by molar-refractivity contribution is 0.0959. The van der Waals surface area contributed by atoms with E-state index >= 15 is 0 Å². The third-order valence-corrected chi connectivity index (χ3v) is 6.41. The van der Waals surface area contributed by atoms with Crippen molar-refractivity contribution in [2.75, 3.05) is 12.5 Å². The van der Waals surface area contributed by atoms with Gasteiger partial charge in [-0.2, -0.15) is 10.2 Å². The molecule has 3 heterocycles. The molecule has 11 nitrogen and oxygen atoms in total. The third kappa shape index (κ3) is 4.15. The SMILES string of the molecule is CNC(=O)c1csc(-c2cnc3[nH]ccc3c2NONS(=O)(=O)c2cccc(C#N)c2)n1. The zero-order valence-electron chi connectivity index (χ0n) is 16.4. The van der Waals surface area contributed by atoms with Crippen molar-refractivity contribution in [3.63, 3.8) is 0 Å². The molecule has 162 valence electrons. The molecule has 1 aromatic carbocycles. The molecule has 0 spiro atoms. The van der Waals surface area contributed by atoms with Crippen LogP contribution in [0.4, 0.5) is 5.69 Å². The fourth-order valence-corrected chi connectivity index (χ4v) is 4.42. The number of pyridine rings is 1. The summed E-state index contributed by atoms with van der Waals surface area (Å²) in [7, 11) is -2.56. The fraction of sp³-hybridized carbons (Fsp3) is 0.0526. The molecule has 0 aliphatic carbocycles. The number of H-pyrrole nitrogens is 1. The Morgan fingerprint density at radius 1 is 1.31 bits per heavy atom. The Morgan fingerprint density at radius 2 is 2.16 bits per heavy atom. The summed E-state index contributed by atoms with van der Waals surface area (Å²) in [6, 6.07) is 9.13. The van der Waals surface area contributed by atoms with Gasteiger partial charge in [-0.1, -0.05) is 11.0 Å². The van der Waals surface area contributed by atoms with Crippen molar-refractivity contribution in [1.29, 1.82) is 5.26 Å². The highest BCUT2D eigenvalue weighted by Crippen LogP contribution is 2.35. The Hall–Kier alpha value is -3.83. The molecule has 0 saturated heterocycles. The number of rotatable bonds is 7. The van der Waals surface area contributed by atoms with Crippen LogP contribution in [-0.2, 0) is 15.0 Å². The summed E-state index contributed by atoms with van der Waals surface area (Å²) in [6.07, 6.45) is 3.20. The van der Waals surface area contributed by atoms with E-state index in [1.165, 1.54) is 48.8 Å². The Morgan fingerprint density at radius 3 is 2.94 bits per heavy atom. The van der Waals surface area contributed by atoms with Crippen LogP contribution in [0.25, 0.3) is 21.6 Å². The van der Waals surface area contributed by atoms with Gasteiger partial charge in [0.1, 0.15) is 16.3 Å². The van der Waals surface area contributed by atoms with Crippen LogP contribution in [0.3, 0.4) is 0 Å². The highest BCUT2D eigenvalue weighted by Gasteiger charge is 2.19. The van der Waals surface area contributed by atoms with Crippen LogP contribution in [0.2, 0.25) is 0 Å². The molecule has 4 aromatic rings. The van der Waals surface area contributed by atoms with Gasteiger partial charge in [-0.05, 0) is 24.3 Å². The maximum Gasteiger partial charge on any atom is 0.270 e. The monoisotopic (exact) mass is 469 g/mol. The van der Waals surface area contributed by atoms with E-state index in [1.54, 1.807) is 17.6 Å². The van der Waals surface area contributed by atoms with Crippen molar-refractivity contribution in [3.8, 4) is 16.6 Å². The van der Waals surface area contributed by atoms with Crippen LogP contribution < -0.4 is 15.7 Å². The highest BCUT2D eigenvalue weighted by molar-refractivity contribution is 7.89. The number of nitrogens with one attached hydrogen (secondary N) is 4. The predicted molar refractivity (Wildman–Crippen MR) is 117 cm³/mol. The van der Waals surface area contributed by atoms with Gasteiger partial charge in [-0.3, -0.25) is 4.79 Å². The summed E-state index contributed by atoms with van der Waals surface area (Å²) in [5, 5.41) is 14.2. The number of aromatic nitrogens is 3. The number of anilines is 1. The van der Waals surface area contributed by atoms with Gasteiger partial charge < -0.3 is 10.3 Å². The Labute approximate surface area is 186 Å². The zero-order chi connectivity index (χ0) is 22.7. The van der Waals surface area contributed by atoms with Gasteiger partial charge in [0, 0.05) is 30.2 Å². The number of benzene rings is 1. The number of hydrogen-bond acceptors (Lipinski definition) is 9. The van der Waals surface area contributed by atoms with E-state index in [-0.39, 0.29) is 22.1 Å². The van der Waals surface area contributed by atoms with Gasteiger partial charge in [-0.25, -0.2) is 23.9 Å². The number of fused-ring (bicyclic) bond motifs is 1. The number of aromatic amines is 1. The molecule has 1 amide bonds. The number of nitrogens with zero attached hydrogens (tertiary/aromatic N) is 3. The summed E-state index contributed by atoms with van der Waals surface area (Å²) in [5.74, 6) is -0.332. The average molecular weight is 470 g/mol. The second-order valence-corrected chi connectivity index (χ2v) is 8.84. The molecule has 0 bridgehead atoms. The van der Waals surface area contributed by atoms with Gasteiger partial charge in [0.25, 0.3) is 15.9 Å². The summed E-state index contributed by atoms with van der Waals surface area (Å²) < 4.78 is 25.0. The van der Waals surface area contributed by atoms with Gasteiger partial charge in [0.15, 0.2) is 0 Å². The predicted octanol–water partition coefficient (Wildman–Crippen LogP) is 2.15. The molecule has 13 heteroatoms. The van der Waals surface area contributed by atoms with Crippen molar-refractivity contribution in [2.24, 2.45) is 0 Å². The minimum atomic E-state index is -4.07. The van der Waals surface area contributed by atoms with Crippen LogP contribution in [0.5, 0.6) is 0 Å². The molecule has 0 saturated carbocycles. The Balaban J connectivity index is 1.62. The van der Waals surface area contributed by atoms with Crippen molar-refractivity contribution >= 4 is 44.0 Å². The molecule has 0 fully saturated rings. The molecule has 4 rings (SSSR count). The fourth-order valence-electron chi connectivity index (χ4n) is 2.82. The number of sulfonamides is 1. The van der Waals surface area contributed by atoms with E-state index in [2.05, 4.69) is 25.7 Å². The molecule has 3 aromatic heterocycles. The Bertz CT molecular complexity index is 1450. The van der Waals surface area contributed by atoms with Crippen LogP contribution in [-0.4, -0.2) is 36.3 Å². The quantitative estimate of drug-likeness (QED) is 0.299. The van der Waals surface area contributed by atoms with E-state index in [1.807, 2.05) is 11.0 Å². The van der Waals surface area contributed by atoms with Gasteiger partial charge in [0.2, 0.25) is 0 Å². The topological polar surface area (TPSA) is 162 Å². The van der Waals surface area contributed by atoms with Gasteiger partial charge >= 0.3 is 0 Å². The van der Waals surface area contributed by atoms with Crippen LogP contribution in [0.15, 0.2) is 53.0 Å². The lowest BCUT2D eigenvalue weighted by Crippen LogP contribution is -2.27. The second kappa shape index (κ2) is 8.73. The smallest absolute Gasteiger partial charge is 0.270 e. The molecule has 0 aliphatic heterocycles. The second-order valence-electron chi connectivity index (χ2n) is 6.33. The van der Waals surface area contributed by atoms with E-state index in [0.717, 1.165) is 0 Å². The molecule has 0 unspecified atom stereocenters. The molecule has 0 aliphatic rings. The first kappa shape index (κ1) is 21.4. The summed E-state index contributed by atoms with van der Waals surface area (Å²) in [5.41, 5.74) is 4.47. The van der Waals surface area contributed by atoms with Crippen LogP contribution in [0.1, 0.15) is 16.1 Å². The lowest BCUT2D eigenvalue weighted by atomic mass is 10.2.